The fraction of sp³-hybridized carbons (Fsp3) is 0.364. The molecule has 0 aromatic heterocycles. The summed E-state index contributed by atoms with van der Waals surface area (Å²) in [4.78, 5) is 24.9. The zero-order chi connectivity index (χ0) is 19.0. The highest BCUT2D eigenvalue weighted by Gasteiger charge is 2.39. The molecule has 2 amide bonds. The molecule has 6 heteroatoms. The van der Waals surface area contributed by atoms with Gasteiger partial charge in [0, 0.05) is 22.9 Å². The molecule has 4 N–H and O–H groups in total. The Morgan fingerprint density at radius 1 is 1.14 bits per heavy atom. The number of nitrogens with two attached hydrogens (primary N) is 1. The predicted molar refractivity (Wildman–Crippen MR) is 114 cm³/mol. The van der Waals surface area contributed by atoms with Crippen molar-refractivity contribution in [2.75, 3.05) is 11.1 Å². The number of carbonyl (C=O) groups is 2. The lowest BCUT2D eigenvalue weighted by Crippen LogP contribution is -2.31. The van der Waals surface area contributed by atoms with Gasteiger partial charge in [0.2, 0.25) is 5.91 Å². The van der Waals surface area contributed by atoms with Gasteiger partial charge in [-0.2, -0.15) is 0 Å². The third-order valence-electron chi connectivity index (χ3n) is 5.63. The van der Waals surface area contributed by atoms with Gasteiger partial charge in [0.25, 0.3) is 5.91 Å². The summed E-state index contributed by atoms with van der Waals surface area (Å²) < 4.78 is 0. The number of nitrogen functional groups attached to an aromatic ring is 1. The number of nitrogens with one attached hydrogen (secondary N) is 2. The molecule has 148 valence electrons. The number of carbonyl (C=O) groups excluding carboxylic acids is 2. The van der Waals surface area contributed by atoms with Crippen molar-refractivity contribution >= 4 is 35.6 Å². The van der Waals surface area contributed by atoms with Gasteiger partial charge in [-0.3, -0.25) is 9.59 Å². The summed E-state index contributed by atoms with van der Waals surface area (Å²) in [5.74, 6) is 0.477. The molecule has 2 aliphatic carbocycles. The maximum atomic E-state index is 12.8. The molecule has 0 radical (unpaired) electrons. The Labute approximate surface area is 171 Å². The summed E-state index contributed by atoms with van der Waals surface area (Å²) in [5.41, 5.74) is 10.2. The second kappa shape index (κ2) is 8.23. The van der Waals surface area contributed by atoms with Crippen molar-refractivity contribution < 1.29 is 9.59 Å². The van der Waals surface area contributed by atoms with E-state index >= 15 is 0 Å². The van der Waals surface area contributed by atoms with Crippen LogP contribution in [0.5, 0.6) is 0 Å². The Hall–Kier alpha value is -2.53. The van der Waals surface area contributed by atoms with Crippen LogP contribution in [-0.2, 0) is 11.2 Å². The molecule has 1 fully saturated rings. The number of hydrogen-bond acceptors (Lipinski definition) is 3. The number of amides is 2. The molecule has 2 aliphatic rings. The summed E-state index contributed by atoms with van der Waals surface area (Å²) >= 11 is 0. The molecule has 1 saturated carbocycles. The minimum Gasteiger partial charge on any atom is -0.399 e. The smallest absolute Gasteiger partial charge is 0.251 e. The SMILES string of the molecule is CC1CC1C(=O)Nc1cccc(C(=O)NC2CCCc3cc(N)ccc32)c1.Cl. The summed E-state index contributed by atoms with van der Waals surface area (Å²) in [7, 11) is 0. The zero-order valence-electron chi connectivity index (χ0n) is 15.9. The van der Waals surface area contributed by atoms with Crippen LogP contribution in [0.25, 0.3) is 0 Å². The van der Waals surface area contributed by atoms with Crippen molar-refractivity contribution in [1.82, 2.24) is 5.32 Å². The minimum atomic E-state index is -0.124. The molecule has 3 unspecified atom stereocenters. The molecular formula is C22H26ClN3O2. The van der Waals surface area contributed by atoms with Crippen LogP contribution in [0.2, 0.25) is 0 Å². The second-order valence-electron chi connectivity index (χ2n) is 7.77. The van der Waals surface area contributed by atoms with Crippen molar-refractivity contribution in [3.05, 3.63) is 59.2 Å². The lowest BCUT2D eigenvalue weighted by Gasteiger charge is -2.26. The lowest BCUT2D eigenvalue weighted by molar-refractivity contribution is -0.117. The Morgan fingerprint density at radius 2 is 1.93 bits per heavy atom. The van der Waals surface area contributed by atoms with Gasteiger partial charge >= 0.3 is 0 Å². The number of benzene rings is 2. The van der Waals surface area contributed by atoms with Crippen molar-refractivity contribution in [2.45, 2.75) is 38.6 Å². The van der Waals surface area contributed by atoms with Crippen LogP contribution >= 0.6 is 12.4 Å². The summed E-state index contributed by atoms with van der Waals surface area (Å²) in [5, 5.41) is 6.06. The number of hydrogen-bond donors (Lipinski definition) is 3. The van der Waals surface area contributed by atoms with E-state index in [1.165, 1.54) is 5.56 Å². The second-order valence-corrected chi connectivity index (χ2v) is 7.77. The van der Waals surface area contributed by atoms with Crippen molar-refractivity contribution in [2.24, 2.45) is 11.8 Å². The van der Waals surface area contributed by atoms with Gasteiger partial charge in [-0.05, 0) is 73.1 Å². The van der Waals surface area contributed by atoms with Gasteiger partial charge in [0.05, 0.1) is 6.04 Å². The number of rotatable bonds is 4. The summed E-state index contributed by atoms with van der Waals surface area (Å²) in [6.07, 6.45) is 3.88. The van der Waals surface area contributed by atoms with E-state index in [9.17, 15) is 9.59 Å². The van der Waals surface area contributed by atoms with Gasteiger partial charge in [-0.25, -0.2) is 0 Å². The third-order valence-corrected chi connectivity index (χ3v) is 5.63. The Kier molecular flexibility index (Phi) is 5.94. The van der Waals surface area contributed by atoms with Crippen LogP contribution in [0.3, 0.4) is 0 Å². The summed E-state index contributed by atoms with van der Waals surface area (Å²) in [6, 6.07) is 13.0. The first-order valence-corrected chi connectivity index (χ1v) is 9.61. The number of anilines is 2. The molecular weight excluding hydrogens is 374 g/mol. The molecule has 0 aliphatic heterocycles. The molecule has 3 atom stereocenters. The van der Waals surface area contributed by atoms with Gasteiger partial charge in [-0.1, -0.05) is 19.1 Å². The highest BCUT2D eigenvalue weighted by molar-refractivity contribution is 5.98. The molecule has 0 saturated heterocycles. The van der Waals surface area contributed by atoms with E-state index in [2.05, 4.69) is 17.6 Å². The molecule has 2 aromatic rings. The highest BCUT2D eigenvalue weighted by Crippen LogP contribution is 2.38. The number of halogens is 1. The fourth-order valence-electron chi connectivity index (χ4n) is 3.89. The van der Waals surface area contributed by atoms with E-state index < -0.39 is 0 Å². The van der Waals surface area contributed by atoms with Gasteiger partial charge < -0.3 is 16.4 Å². The summed E-state index contributed by atoms with van der Waals surface area (Å²) in [6.45, 7) is 2.07. The number of aryl methyl sites for hydroxylation is 1. The average molecular weight is 400 g/mol. The zero-order valence-corrected chi connectivity index (χ0v) is 16.7. The van der Waals surface area contributed by atoms with Crippen LogP contribution in [0, 0.1) is 11.8 Å². The van der Waals surface area contributed by atoms with Crippen LogP contribution in [0.15, 0.2) is 42.5 Å². The normalized spacial score (nSPS) is 22.4. The van der Waals surface area contributed by atoms with Crippen LogP contribution < -0.4 is 16.4 Å². The standard InChI is InChI=1S/C22H25N3O2.ClH/c1-13-10-19(13)22(27)24-17-6-2-5-15(12-17)21(26)25-20-7-3-4-14-11-16(23)8-9-18(14)20;/h2,5-6,8-9,11-13,19-20H,3-4,7,10,23H2,1H3,(H,24,27)(H,25,26);1H. The Balaban J connectivity index is 0.00000225. The molecule has 4 rings (SSSR count). The van der Waals surface area contributed by atoms with E-state index in [0.717, 1.165) is 36.9 Å². The highest BCUT2D eigenvalue weighted by atomic mass is 35.5. The van der Waals surface area contributed by atoms with E-state index in [1.807, 2.05) is 24.3 Å². The fourth-order valence-corrected chi connectivity index (χ4v) is 3.89. The van der Waals surface area contributed by atoms with Crippen LogP contribution in [0.1, 0.15) is 53.7 Å². The van der Waals surface area contributed by atoms with E-state index in [0.29, 0.717) is 17.2 Å². The monoisotopic (exact) mass is 399 g/mol. The molecule has 0 bridgehead atoms. The lowest BCUT2D eigenvalue weighted by atomic mass is 9.87. The molecule has 0 spiro atoms. The van der Waals surface area contributed by atoms with Crippen molar-refractivity contribution in [3.8, 4) is 0 Å². The van der Waals surface area contributed by atoms with Gasteiger partial charge in [0.1, 0.15) is 0 Å². The minimum absolute atomic E-state index is 0. The Bertz CT molecular complexity index is 899. The van der Waals surface area contributed by atoms with Crippen molar-refractivity contribution in [3.63, 3.8) is 0 Å². The first-order valence-electron chi connectivity index (χ1n) is 9.61. The van der Waals surface area contributed by atoms with E-state index in [-0.39, 0.29) is 36.2 Å². The maximum Gasteiger partial charge on any atom is 0.251 e. The third kappa shape index (κ3) is 4.30. The first-order chi connectivity index (χ1) is 13.0. The predicted octanol–water partition coefficient (Wildman–Crippen LogP) is 4.09. The van der Waals surface area contributed by atoms with E-state index in [4.69, 9.17) is 5.73 Å². The maximum absolute atomic E-state index is 12.8. The van der Waals surface area contributed by atoms with Crippen LogP contribution in [0.4, 0.5) is 11.4 Å². The average Bonchev–Trinajstić information content (AvgIpc) is 3.39. The number of fused-ring (bicyclic) bond motifs is 1. The molecule has 5 nitrogen and oxygen atoms in total. The van der Waals surface area contributed by atoms with Crippen LogP contribution in [-0.4, -0.2) is 11.8 Å². The topological polar surface area (TPSA) is 84.2 Å². The van der Waals surface area contributed by atoms with Gasteiger partial charge in [-0.15, -0.1) is 12.4 Å². The molecule has 0 heterocycles. The van der Waals surface area contributed by atoms with Gasteiger partial charge in [0.15, 0.2) is 0 Å². The quantitative estimate of drug-likeness (QED) is 0.677. The van der Waals surface area contributed by atoms with E-state index in [1.54, 1.807) is 18.2 Å². The molecule has 2 aromatic carbocycles. The largest absolute Gasteiger partial charge is 0.399 e. The first kappa shape index (κ1) is 20.2. The molecule has 28 heavy (non-hydrogen) atoms. The Morgan fingerprint density at radius 3 is 2.68 bits per heavy atom. The van der Waals surface area contributed by atoms with Crippen molar-refractivity contribution in [1.29, 1.82) is 0 Å².